The summed E-state index contributed by atoms with van der Waals surface area (Å²) < 4.78 is 6.64. The molecular formula is C59H39NO. The van der Waals surface area contributed by atoms with E-state index in [1.54, 1.807) is 0 Å². The van der Waals surface area contributed by atoms with Crippen molar-refractivity contribution in [1.82, 2.24) is 0 Å². The van der Waals surface area contributed by atoms with Crippen molar-refractivity contribution in [2.75, 3.05) is 4.90 Å². The Morgan fingerprint density at radius 3 is 1.43 bits per heavy atom. The summed E-state index contributed by atoms with van der Waals surface area (Å²) in [6, 6.07) is 85.9. The van der Waals surface area contributed by atoms with Crippen LogP contribution in [0.3, 0.4) is 0 Å². The summed E-state index contributed by atoms with van der Waals surface area (Å²) in [4.78, 5) is 2.48. The van der Waals surface area contributed by atoms with E-state index in [1.165, 1.54) is 55.3 Å². The number of anilines is 3. The van der Waals surface area contributed by atoms with Gasteiger partial charge in [0.25, 0.3) is 0 Å². The molecule has 0 N–H and O–H groups in total. The van der Waals surface area contributed by atoms with E-state index in [-0.39, 0.29) is 0 Å². The summed E-state index contributed by atoms with van der Waals surface area (Å²) in [5.74, 6) is 1.79. The molecule has 0 radical (unpaired) electrons. The van der Waals surface area contributed by atoms with Crippen LogP contribution in [-0.2, 0) is 5.41 Å². The molecule has 0 unspecified atom stereocenters. The van der Waals surface area contributed by atoms with Crippen molar-refractivity contribution in [2.45, 2.75) is 5.41 Å². The van der Waals surface area contributed by atoms with Crippen LogP contribution >= 0.6 is 0 Å². The maximum Gasteiger partial charge on any atom is 0.132 e. The SMILES string of the molecule is c1ccc(-c2ccccc2N(c2ccc3c(c2)-c2ccccc2C32c3ccccc3Oc3ccccc32)c2ccccc2-c2ccc(-c3ccccc3)c3ccccc23)cc1. The topological polar surface area (TPSA) is 12.5 Å². The Hall–Kier alpha value is -7.94. The Morgan fingerprint density at radius 1 is 0.295 bits per heavy atom. The average Bonchev–Trinajstić information content (AvgIpc) is 3.62. The van der Waals surface area contributed by atoms with Gasteiger partial charge in [-0.1, -0.05) is 200 Å². The highest BCUT2D eigenvalue weighted by molar-refractivity contribution is 6.08. The average molecular weight is 778 g/mol. The molecule has 2 aliphatic rings. The Morgan fingerprint density at radius 2 is 0.754 bits per heavy atom. The Labute approximate surface area is 356 Å². The highest BCUT2D eigenvalue weighted by Gasteiger charge is 2.51. The predicted molar refractivity (Wildman–Crippen MR) is 252 cm³/mol. The fourth-order valence-corrected chi connectivity index (χ4v) is 10.2. The monoisotopic (exact) mass is 777 g/mol. The predicted octanol–water partition coefficient (Wildman–Crippen LogP) is 15.8. The van der Waals surface area contributed by atoms with Gasteiger partial charge in [0, 0.05) is 27.9 Å². The molecule has 61 heavy (non-hydrogen) atoms. The zero-order valence-corrected chi connectivity index (χ0v) is 33.4. The van der Waals surface area contributed by atoms with Crippen LogP contribution in [0.4, 0.5) is 17.1 Å². The second kappa shape index (κ2) is 14.1. The maximum absolute atomic E-state index is 6.64. The molecule has 0 fully saturated rings. The highest BCUT2D eigenvalue weighted by Crippen LogP contribution is 2.62. The molecule has 0 saturated heterocycles. The molecule has 12 rings (SSSR count). The molecule has 1 aliphatic carbocycles. The minimum atomic E-state index is -0.542. The lowest BCUT2D eigenvalue weighted by Crippen LogP contribution is -2.32. The van der Waals surface area contributed by atoms with E-state index in [2.05, 4.69) is 241 Å². The number of para-hydroxylation sites is 4. The van der Waals surface area contributed by atoms with E-state index < -0.39 is 5.41 Å². The van der Waals surface area contributed by atoms with Gasteiger partial charge in [0.2, 0.25) is 0 Å². The quantitative estimate of drug-likeness (QED) is 0.167. The molecule has 0 amide bonds. The number of benzene rings is 10. The van der Waals surface area contributed by atoms with Crippen LogP contribution in [-0.4, -0.2) is 0 Å². The summed E-state index contributed by atoms with van der Waals surface area (Å²) in [6.45, 7) is 0. The van der Waals surface area contributed by atoms with Crippen LogP contribution in [0.25, 0.3) is 55.3 Å². The molecular weight excluding hydrogens is 739 g/mol. The number of ether oxygens (including phenoxy) is 1. The first-order valence-corrected chi connectivity index (χ1v) is 21.0. The Kier molecular flexibility index (Phi) is 8.11. The first-order valence-electron chi connectivity index (χ1n) is 21.0. The van der Waals surface area contributed by atoms with E-state index >= 15 is 0 Å². The molecule has 0 aromatic heterocycles. The van der Waals surface area contributed by atoms with Crippen molar-refractivity contribution < 1.29 is 4.74 Å². The van der Waals surface area contributed by atoms with Gasteiger partial charge in [-0.3, -0.25) is 0 Å². The van der Waals surface area contributed by atoms with Crippen LogP contribution < -0.4 is 9.64 Å². The molecule has 2 nitrogen and oxygen atoms in total. The van der Waals surface area contributed by atoms with Crippen LogP contribution in [0.1, 0.15) is 22.3 Å². The van der Waals surface area contributed by atoms with Gasteiger partial charge >= 0.3 is 0 Å². The van der Waals surface area contributed by atoms with Gasteiger partial charge in [0.15, 0.2) is 0 Å². The lowest BCUT2D eigenvalue weighted by molar-refractivity contribution is 0.436. The molecule has 1 aliphatic heterocycles. The molecule has 1 heterocycles. The number of nitrogens with zero attached hydrogens (tertiary/aromatic N) is 1. The first-order chi connectivity index (χ1) is 30.3. The van der Waals surface area contributed by atoms with E-state index in [4.69, 9.17) is 4.74 Å². The Balaban J connectivity index is 1.13. The van der Waals surface area contributed by atoms with Crippen molar-refractivity contribution in [3.05, 3.63) is 259 Å². The summed E-state index contributed by atoms with van der Waals surface area (Å²) in [5, 5.41) is 2.45. The molecule has 10 aromatic carbocycles. The van der Waals surface area contributed by atoms with Gasteiger partial charge < -0.3 is 9.64 Å². The van der Waals surface area contributed by atoms with Crippen molar-refractivity contribution in [3.63, 3.8) is 0 Å². The number of hydrogen-bond donors (Lipinski definition) is 0. The second-order valence-corrected chi connectivity index (χ2v) is 15.9. The van der Waals surface area contributed by atoms with Crippen LogP contribution in [0.2, 0.25) is 0 Å². The molecule has 2 heteroatoms. The van der Waals surface area contributed by atoms with Crippen LogP contribution in [0, 0.1) is 0 Å². The van der Waals surface area contributed by atoms with E-state index in [0.29, 0.717) is 0 Å². The fourth-order valence-electron chi connectivity index (χ4n) is 10.2. The zero-order valence-electron chi connectivity index (χ0n) is 33.4. The van der Waals surface area contributed by atoms with Gasteiger partial charge in [-0.25, -0.2) is 0 Å². The lowest BCUT2D eigenvalue weighted by Gasteiger charge is -2.39. The zero-order chi connectivity index (χ0) is 40.3. The molecule has 0 bridgehead atoms. The summed E-state index contributed by atoms with van der Waals surface area (Å²) in [7, 11) is 0. The van der Waals surface area contributed by atoms with E-state index in [9.17, 15) is 0 Å². The molecule has 1 spiro atoms. The van der Waals surface area contributed by atoms with Gasteiger partial charge in [-0.05, 0) is 91.7 Å². The van der Waals surface area contributed by atoms with Crippen LogP contribution in [0.5, 0.6) is 11.5 Å². The van der Waals surface area contributed by atoms with Gasteiger partial charge in [-0.15, -0.1) is 0 Å². The fraction of sp³-hybridized carbons (Fsp3) is 0.0169. The van der Waals surface area contributed by atoms with Gasteiger partial charge in [-0.2, -0.15) is 0 Å². The second-order valence-electron chi connectivity index (χ2n) is 15.9. The van der Waals surface area contributed by atoms with Gasteiger partial charge in [0.1, 0.15) is 11.5 Å². The summed E-state index contributed by atoms with van der Waals surface area (Å²) >= 11 is 0. The molecule has 286 valence electrons. The smallest absolute Gasteiger partial charge is 0.132 e. The third-order valence-corrected chi connectivity index (χ3v) is 12.8. The number of fused-ring (bicyclic) bond motifs is 10. The third-order valence-electron chi connectivity index (χ3n) is 12.8. The van der Waals surface area contributed by atoms with Crippen molar-refractivity contribution >= 4 is 27.8 Å². The first kappa shape index (κ1) is 35.0. The van der Waals surface area contributed by atoms with Crippen LogP contribution in [0.15, 0.2) is 237 Å². The van der Waals surface area contributed by atoms with Gasteiger partial charge in [0.05, 0.1) is 16.8 Å². The highest BCUT2D eigenvalue weighted by atomic mass is 16.5. The van der Waals surface area contributed by atoms with E-state index in [1.807, 2.05) is 0 Å². The van der Waals surface area contributed by atoms with Crippen molar-refractivity contribution in [3.8, 4) is 56.0 Å². The van der Waals surface area contributed by atoms with E-state index in [0.717, 1.165) is 50.8 Å². The lowest BCUT2D eigenvalue weighted by atomic mass is 9.66. The molecule has 10 aromatic rings. The normalized spacial score (nSPS) is 12.9. The Bertz CT molecular complexity index is 3250. The van der Waals surface area contributed by atoms with Crippen molar-refractivity contribution in [1.29, 1.82) is 0 Å². The number of hydrogen-bond acceptors (Lipinski definition) is 2. The number of rotatable bonds is 6. The third kappa shape index (κ3) is 5.36. The molecule has 0 atom stereocenters. The van der Waals surface area contributed by atoms with Crippen molar-refractivity contribution in [2.24, 2.45) is 0 Å². The maximum atomic E-state index is 6.64. The minimum absolute atomic E-state index is 0.542. The summed E-state index contributed by atoms with van der Waals surface area (Å²) in [6.07, 6.45) is 0. The summed E-state index contributed by atoms with van der Waals surface area (Å²) in [5.41, 5.74) is 17.2. The largest absolute Gasteiger partial charge is 0.457 e. The minimum Gasteiger partial charge on any atom is -0.457 e. The standard InChI is InChI=1S/C59H39NO/c1-3-19-40(20-4-1)43-36-37-47(46-25-8-7-24-45(43)46)49-27-11-16-32-56(49)60(55-31-15-10-23-44(55)41-21-5-2-6-22-41)42-35-38-52-50(39-42)48-26-9-12-28-51(48)59(52)53-29-13-17-33-57(53)61-58-34-18-14-30-54(58)59/h1-39H. The molecule has 0 saturated carbocycles.